The van der Waals surface area contributed by atoms with Gasteiger partial charge in [0.25, 0.3) is 0 Å². The van der Waals surface area contributed by atoms with Gasteiger partial charge in [-0.05, 0) is 43.7 Å². The van der Waals surface area contributed by atoms with E-state index in [-0.39, 0.29) is 11.5 Å². The maximum absolute atomic E-state index is 14.0. The lowest BCUT2D eigenvalue weighted by Gasteiger charge is -2.24. The van der Waals surface area contributed by atoms with Crippen molar-refractivity contribution in [2.75, 3.05) is 7.05 Å². The van der Waals surface area contributed by atoms with Gasteiger partial charge in [0, 0.05) is 29.4 Å². The van der Waals surface area contributed by atoms with Crippen molar-refractivity contribution >= 4 is 0 Å². The highest BCUT2D eigenvalue weighted by molar-refractivity contribution is 5.34. The molecule has 0 bridgehead atoms. The molecule has 2 nitrogen and oxygen atoms in total. The standard InChI is InChI=1S/C16H16F2N2/c1-19-16(14-12(17)5-2-6-13(14)18)11-8-7-10-4-3-9-20-15(10)11/h2-6,9,11,16,19H,7-8H2,1H3. The number of pyridine rings is 1. The Balaban J connectivity index is 2.04. The van der Waals surface area contributed by atoms with Crippen molar-refractivity contribution in [2.45, 2.75) is 24.8 Å². The number of halogens is 2. The summed E-state index contributed by atoms with van der Waals surface area (Å²) in [4.78, 5) is 4.41. The van der Waals surface area contributed by atoms with Gasteiger partial charge in [-0.2, -0.15) is 0 Å². The maximum atomic E-state index is 14.0. The molecule has 1 aromatic carbocycles. The Kier molecular flexibility index (Phi) is 3.49. The predicted octanol–water partition coefficient (Wildman–Crippen LogP) is 3.35. The van der Waals surface area contributed by atoms with Crippen molar-refractivity contribution in [2.24, 2.45) is 0 Å². The normalized spacial score (nSPS) is 18.9. The van der Waals surface area contributed by atoms with Crippen LogP contribution in [0.1, 0.15) is 35.2 Å². The van der Waals surface area contributed by atoms with Crippen LogP contribution in [0.2, 0.25) is 0 Å². The third kappa shape index (κ3) is 2.10. The summed E-state index contributed by atoms with van der Waals surface area (Å²) in [6, 6.07) is 7.54. The van der Waals surface area contributed by atoms with Gasteiger partial charge >= 0.3 is 0 Å². The lowest BCUT2D eigenvalue weighted by atomic mass is 9.90. The second-order valence-electron chi connectivity index (χ2n) is 5.09. The van der Waals surface area contributed by atoms with Crippen LogP contribution in [0.3, 0.4) is 0 Å². The number of nitrogens with zero attached hydrogens (tertiary/aromatic N) is 1. The fourth-order valence-electron chi connectivity index (χ4n) is 3.12. The zero-order chi connectivity index (χ0) is 14.1. The molecule has 0 saturated carbocycles. The summed E-state index contributed by atoms with van der Waals surface area (Å²) in [5, 5.41) is 3.06. The molecule has 1 heterocycles. The van der Waals surface area contributed by atoms with E-state index in [1.165, 1.54) is 23.8 Å². The van der Waals surface area contributed by atoms with Crippen molar-refractivity contribution in [1.29, 1.82) is 0 Å². The van der Waals surface area contributed by atoms with Crippen LogP contribution >= 0.6 is 0 Å². The third-order valence-electron chi connectivity index (χ3n) is 4.03. The SMILES string of the molecule is CNC(c1c(F)cccc1F)C1CCc2cccnc21. The summed E-state index contributed by atoms with van der Waals surface area (Å²) in [5.41, 5.74) is 2.24. The summed E-state index contributed by atoms with van der Waals surface area (Å²) < 4.78 is 28.0. The highest BCUT2D eigenvalue weighted by Crippen LogP contribution is 2.41. The van der Waals surface area contributed by atoms with E-state index in [1.807, 2.05) is 12.1 Å². The van der Waals surface area contributed by atoms with Crippen molar-refractivity contribution in [3.05, 3.63) is 65.0 Å². The minimum Gasteiger partial charge on any atom is -0.312 e. The minimum atomic E-state index is -0.506. The number of benzene rings is 1. The van der Waals surface area contributed by atoms with E-state index in [2.05, 4.69) is 10.3 Å². The fourth-order valence-corrected chi connectivity index (χ4v) is 3.12. The number of nitrogens with one attached hydrogen (secondary N) is 1. The molecule has 0 fully saturated rings. The molecule has 2 unspecified atom stereocenters. The van der Waals surface area contributed by atoms with E-state index >= 15 is 0 Å². The molecule has 0 amide bonds. The number of hydrogen-bond donors (Lipinski definition) is 1. The summed E-state index contributed by atoms with van der Waals surface area (Å²) in [6.45, 7) is 0. The molecule has 0 spiro atoms. The summed E-state index contributed by atoms with van der Waals surface area (Å²) >= 11 is 0. The zero-order valence-electron chi connectivity index (χ0n) is 11.2. The van der Waals surface area contributed by atoms with Crippen LogP contribution in [0, 0.1) is 11.6 Å². The smallest absolute Gasteiger partial charge is 0.130 e. The van der Waals surface area contributed by atoms with Crippen LogP contribution in [0.15, 0.2) is 36.5 Å². The second kappa shape index (κ2) is 5.29. The summed E-state index contributed by atoms with van der Waals surface area (Å²) in [5.74, 6) is -1.01. The molecule has 1 aromatic heterocycles. The van der Waals surface area contributed by atoms with Gasteiger partial charge in [0.2, 0.25) is 0 Å². The Hall–Kier alpha value is -1.81. The molecule has 20 heavy (non-hydrogen) atoms. The molecule has 1 aliphatic carbocycles. The lowest BCUT2D eigenvalue weighted by molar-refractivity contribution is 0.425. The maximum Gasteiger partial charge on any atom is 0.130 e. The molecule has 104 valence electrons. The van der Waals surface area contributed by atoms with E-state index in [0.29, 0.717) is 0 Å². The second-order valence-corrected chi connectivity index (χ2v) is 5.09. The van der Waals surface area contributed by atoms with Crippen molar-refractivity contribution in [1.82, 2.24) is 10.3 Å². The Morgan fingerprint density at radius 1 is 1.20 bits per heavy atom. The highest BCUT2D eigenvalue weighted by atomic mass is 19.1. The van der Waals surface area contributed by atoms with Crippen LogP contribution in [0.25, 0.3) is 0 Å². The van der Waals surface area contributed by atoms with E-state index < -0.39 is 17.7 Å². The molecule has 2 atom stereocenters. The molecule has 1 aliphatic rings. The van der Waals surface area contributed by atoms with Crippen molar-refractivity contribution in [3.8, 4) is 0 Å². The van der Waals surface area contributed by atoms with Crippen LogP contribution in [-0.2, 0) is 6.42 Å². The number of aromatic nitrogens is 1. The first-order valence-corrected chi connectivity index (χ1v) is 6.77. The summed E-state index contributed by atoms with van der Waals surface area (Å²) in [6.07, 6.45) is 3.50. The number of fused-ring (bicyclic) bond motifs is 1. The van der Waals surface area contributed by atoms with Gasteiger partial charge in [-0.25, -0.2) is 8.78 Å². The molecule has 0 aliphatic heterocycles. The molecule has 3 rings (SSSR count). The van der Waals surface area contributed by atoms with E-state index in [0.717, 1.165) is 18.5 Å². The monoisotopic (exact) mass is 274 g/mol. The van der Waals surface area contributed by atoms with E-state index in [4.69, 9.17) is 0 Å². The van der Waals surface area contributed by atoms with Crippen molar-refractivity contribution in [3.63, 3.8) is 0 Å². The van der Waals surface area contributed by atoms with Crippen LogP contribution < -0.4 is 5.32 Å². The van der Waals surface area contributed by atoms with Crippen LogP contribution in [0.5, 0.6) is 0 Å². The molecular weight excluding hydrogens is 258 g/mol. The zero-order valence-corrected chi connectivity index (χ0v) is 11.2. The first-order chi connectivity index (χ1) is 9.72. The molecule has 0 saturated heterocycles. The number of hydrogen-bond acceptors (Lipinski definition) is 2. The Labute approximate surface area is 116 Å². The Bertz CT molecular complexity index is 607. The number of rotatable bonds is 3. The molecular formula is C16H16F2N2. The Morgan fingerprint density at radius 2 is 1.95 bits per heavy atom. The average Bonchev–Trinajstić information content (AvgIpc) is 2.87. The van der Waals surface area contributed by atoms with Gasteiger partial charge in [-0.15, -0.1) is 0 Å². The molecule has 0 radical (unpaired) electrons. The molecule has 4 heteroatoms. The first kappa shape index (κ1) is 13.2. The predicted molar refractivity (Wildman–Crippen MR) is 73.5 cm³/mol. The van der Waals surface area contributed by atoms with Gasteiger partial charge in [-0.1, -0.05) is 12.1 Å². The highest BCUT2D eigenvalue weighted by Gasteiger charge is 2.33. The van der Waals surface area contributed by atoms with Gasteiger partial charge in [0.05, 0.1) is 0 Å². The quantitative estimate of drug-likeness (QED) is 0.928. The largest absolute Gasteiger partial charge is 0.312 e. The third-order valence-corrected chi connectivity index (χ3v) is 4.03. The first-order valence-electron chi connectivity index (χ1n) is 6.77. The fraction of sp³-hybridized carbons (Fsp3) is 0.312. The number of aryl methyl sites for hydroxylation is 1. The van der Waals surface area contributed by atoms with E-state index in [1.54, 1.807) is 13.2 Å². The molecule has 2 aromatic rings. The van der Waals surface area contributed by atoms with Crippen molar-refractivity contribution < 1.29 is 8.78 Å². The van der Waals surface area contributed by atoms with Crippen LogP contribution in [-0.4, -0.2) is 12.0 Å². The van der Waals surface area contributed by atoms with Gasteiger partial charge in [0.1, 0.15) is 11.6 Å². The van der Waals surface area contributed by atoms with Gasteiger partial charge < -0.3 is 5.32 Å². The average molecular weight is 274 g/mol. The topological polar surface area (TPSA) is 24.9 Å². The van der Waals surface area contributed by atoms with Crippen LogP contribution in [0.4, 0.5) is 8.78 Å². The minimum absolute atomic E-state index is 0.00241. The van der Waals surface area contributed by atoms with Gasteiger partial charge in [-0.3, -0.25) is 4.98 Å². The van der Waals surface area contributed by atoms with E-state index in [9.17, 15) is 8.78 Å². The Morgan fingerprint density at radius 3 is 2.65 bits per heavy atom. The summed E-state index contributed by atoms with van der Waals surface area (Å²) in [7, 11) is 1.73. The number of likely N-dealkylation sites (N-methyl/N-ethyl adjacent to an activating group) is 1. The lowest BCUT2D eigenvalue weighted by Crippen LogP contribution is -2.25. The van der Waals surface area contributed by atoms with Gasteiger partial charge in [0.15, 0.2) is 0 Å². The molecule has 1 N–H and O–H groups in total.